The van der Waals surface area contributed by atoms with E-state index in [0.717, 1.165) is 17.7 Å². The Labute approximate surface area is 151 Å². The molecule has 1 unspecified atom stereocenters. The van der Waals surface area contributed by atoms with E-state index in [-0.39, 0.29) is 0 Å². The molecule has 6 heteroatoms. The first kappa shape index (κ1) is 18.4. The number of hydrogen-bond donors (Lipinski definition) is 1. The topological polar surface area (TPSA) is 51.0 Å². The second-order valence-corrected chi connectivity index (χ2v) is 6.19. The zero-order chi connectivity index (χ0) is 17.7. The fourth-order valence-electron chi connectivity index (χ4n) is 2.32. The van der Waals surface area contributed by atoms with Gasteiger partial charge in [-0.05, 0) is 48.2 Å². The maximum atomic E-state index is 8.60. The van der Waals surface area contributed by atoms with E-state index in [1.54, 1.807) is 25.3 Å². The Morgan fingerprint density at radius 3 is 2.42 bits per heavy atom. The zero-order valence-corrected chi connectivity index (χ0v) is 15.2. The predicted octanol–water partition coefficient (Wildman–Crippen LogP) is 6.12. The highest BCUT2D eigenvalue weighted by Crippen LogP contribution is 2.39. The number of nitrogens with zero attached hydrogens (tertiary/aromatic N) is 1. The molecule has 0 amide bonds. The molecule has 0 spiro atoms. The number of benzene rings is 2. The van der Waals surface area contributed by atoms with Crippen molar-refractivity contribution in [1.82, 2.24) is 0 Å². The van der Waals surface area contributed by atoms with Crippen molar-refractivity contribution in [1.29, 1.82) is 0 Å². The van der Waals surface area contributed by atoms with E-state index in [0.29, 0.717) is 33.0 Å². The van der Waals surface area contributed by atoms with E-state index in [4.69, 9.17) is 37.9 Å². The molecule has 2 rings (SSSR count). The molecule has 0 fully saturated rings. The molecule has 0 aliphatic rings. The molecule has 0 heterocycles. The van der Waals surface area contributed by atoms with Crippen LogP contribution in [0.2, 0.25) is 10.0 Å². The lowest BCUT2D eigenvalue weighted by molar-refractivity contribution is 0.322. The minimum Gasteiger partial charge on any atom is -0.496 e. The molecule has 128 valence electrons. The van der Waals surface area contributed by atoms with Gasteiger partial charge in [-0.2, -0.15) is 0 Å². The normalized spacial score (nSPS) is 12.4. The molecule has 0 bridgehead atoms. The molecule has 4 nitrogen and oxygen atoms in total. The van der Waals surface area contributed by atoms with Gasteiger partial charge >= 0.3 is 0 Å². The van der Waals surface area contributed by atoms with Crippen molar-refractivity contribution in [3.63, 3.8) is 0 Å². The van der Waals surface area contributed by atoms with Gasteiger partial charge in [0.2, 0.25) is 0 Å². The van der Waals surface area contributed by atoms with E-state index < -0.39 is 0 Å². The highest BCUT2D eigenvalue weighted by Gasteiger charge is 2.14. The van der Waals surface area contributed by atoms with Crippen molar-refractivity contribution in [3.8, 4) is 17.2 Å². The highest BCUT2D eigenvalue weighted by molar-refractivity contribution is 6.37. The summed E-state index contributed by atoms with van der Waals surface area (Å²) in [6.07, 6.45) is 2.23. The first-order valence-electron chi connectivity index (χ1n) is 7.52. The van der Waals surface area contributed by atoms with E-state index in [1.165, 1.54) is 6.21 Å². The van der Waals surface area contributed by atoms with Crippen molar-refractivity contribution in [2.45, 2.75) is 26.2 Å². The summed E-state index contributed by atoms with van der Waals surface area (Å²) in [5.74, 6) is 2.13. The number of hydrogen-bond acceptors (Lipinski definition) is 4. The van der Waals surface area contributed by atoms with Crippen LogP contribution >= 0.6 is 23.2 Å². The third-order valence-electron chi connectivity index (χ3n) is 3.79. The van der Waals surface area contributed by atoms with Crippen molar-refractivity contribution >= 4 is 29.4 Å². The van der Waals surface area contributed by atoms with Gasteiger partial charge in [-0.3, -0.25) is 0 Å². The Balaban J connectivity index is 2.38. The summed E-state index contributed by atoms with van der Waals surface area (Å²) in [4.78, 5) is 0. The van der Waals surface area contributed by atoms with E-state index in [1.807, 2.05) is 12.1 Å². The number of methoxy groups -OCH3 is 1. The van der Waals surface area contributed by atoms with Crippen molar-refractivity contribution in [3.05, 3.63) is 51.5 Å². The molecule has 1 N–H and O–H groups in total. The maximum absolute atomic E-state index is 8.60. The SMILES string of the molecule is CCC(C)c1cc(Oc2c(Cl)cc(/C=N/O)cc2Cl)ccc1OC. The van der Waals surface area contributed by atoms with Crippen LogP contribution in [0.5, 0.6) is 17.2 Å². The number of ether oxygens (including phenoxy) is 2. The summed E-state index contributed by atoms with van der Waals surface area (Å²) >= 11 is 12.5. The number of halogens is 2. The standard InChI is InChI=1S/C18H19Cl2NO3/c1-4-11(2)14-9-13(5-6-17(14)23-3)24-18-15(19)7-12(10-21-22)8-16(18)20/h5-11,22H,4H2,1-3H3/b21-10+. The molecule has 0 aliphatic carbocycles. The van der Waals surface area contributed by atoms with Gasteiger partial charge in [-0.25, -0.2) is 0 Å². The second kappa shape index (κ2) is 8.27. The first-order valence-corrected chi connectivity index (χ1v) is 8.28. The minimum atomic E-state index is 0.331. The van der Waals surface area contributed by atoms with Gasteiger partial charge in [0, 0.05) is 5.56 Å². The third-order valence-corrected chi connectivity index (χ3v) is 4.35. The lowest BCUT2D eigenvalue weighted by Gasteiger charge is -2.16. The van der Waals surface area contributed by atoms with Gasteiger partial charge in [0.25, 0.3) is 0 Å². The largest absolute Gasteiger partial charge is 0.496 e. The Morgan fingerprint density at radius 1 is 1.21 bits per heavy atom. The molecule has 0 saturated carbocycles. The van der Waals surface area contributed by atoms with Crippen LogP contribution in [-0.4, -0.2) is 18.5 Å². The predicted molar refractivity (Wildman–Crippen MR) is 97.6 cm³/mol. The average molecular weight is 368 g/mol. The van der Waals surface area contributed by atoms with Crippen molar-refractivity contribution in [2.75, 3.05) is 7.11 Å². The molecule has 2 aromatic carbocycles. The van der Waals surface area contributed by atoms with Gasteiger partial charge in [-0.15, -0.1) is 0 Å². The fraction of sp³-hybridized carbons (Fsp3) is 0.278. The summed E-state index contributed by atoms with van der Waals surface area (Å²) in [7, 11) is 1.65. The monoisotopic (exact) mass is 367 g/mol. The summed E-state index contributed by atoms with van der Waals surface area (Å²) < 4.78 is 11.3. The van der Waals surface area contributed by atoms with Crippen LogP contribution in [0.25, 0.3) is 0 Å². The minimum absolute atomic E-state index is 0.331. The molecule has 2 aromatic rings. The van der Waals surface area contributed by atoms with Gasteiger partial charge < -0.3 is 14.7 Å². The zero-order valence-electron chi connectivity index (χ0n) is 13.7. The molecular weight excluding hydrogens is 349 g/mol. The fourth-order valence-corrected chi connectivity index (χ4v) is 2.90. The smallest absolute Gasteiger partial charge is 0.164 e. The first-order chi connectivity index (χ1) is 11.5. The summed E-state index contributed by atoms with van der Waals surface area (Å²) in [5.41, 5.74) is 1.64. The van der Waals surface area contributed by atoms with Crippen LogP contribution in [0, 0.1) is 0 Å². The maximum Gasteiger partial charge on any atom is 0.164 e. The second-order valence-electron chi connectivity index (χ2n) is 5.37. The lowest BCUT2D eigenvalue weighted by atomic mass is 9.97. The lowest BCUT2D eigenvalue weighted by Crippen LogP contribution is -1.98. The van der Waals surface area contributed by atoms with Crippen LogP contribution in [-0.2, 0) is 0 Å². The number of oxime groups is 1. The molecule has 24 heavy (non-hydrogen) atoms. The Bertz CT molecular complexity index is 724. The summed E-state index contributed by atoms with van der Waals surface area (Å²) in [6, 6.07) is 8.83. The van der Waals surface area contributed by atoms with Gasteiger partial charge in [-0.1, -0.05) is 42.2 Å². The average Bonchev–Trinajstić information content (AvgIpc) is 2.57. The highest BCUT2D eigenvalue weighted by atomic mass is 35.5. The van der Waals surface area contributed by atoms with Crippen LogP contribution in [0.3, 0.4) is 0 Å². The molecule has 0 aromatic heterocycles. The van der Waals surface area contributed by atoms with Gasteiger partial charge in [0.1, 0.15) is 11.5 Å². The van der Waals surface area contributed by atoms with Crippen LogP contribution in [0.1, 0.15) is 37.3 Å². The Hall–Kier alpha value is -1.91. The van der Waals surface area contributed by atoms with E-state index >= 15 is 0 Å². The summed E-state index contributed by atoms with van der Waals surface area (Å²) in [6.45, 7) is 4.25. The van der Waals surface area contributed by atoms with Crippen molar-refractivity contribution < 1.29 is 14.7 Å². The molecule has 0 radical (unpaired) electrons. The van der Waals surface area contributed by atoms with Gasteiger partial charge in [0.15, 0.2) is 5.75 Å². The van der Waals surface area contributed by atoms with Crippen LogP contribution < -0.4 is 9.47 Å². The van der Waals surface area contributed by atoms with Crippen molar-refractivity contribution in [2.24, 2.45) is 5.16 Å². The van der Waals surface area contributed by atoms with Crippen LogP contribution in [0.4, 0.5) is 0 Å². The van der Waals surface area contributed by atoms with E-state index in [2.05, 4.69) is 19.0 Å². The van der Waals surface area contributed by atoms with Crippen LogP contribution in [0.15, 0.2) is 35.5 Å². The molecular formula is C18H19Cl2NO3. The Kier molecular flexibility index (Phi) is 6.35. The molecule has 0 aliphatic heterocycles. The molecule has 1 atom stereocenters. The quantitative estimate of drug-likeness (QED) is 0.380. The third kappa shape index (κ3) is 4.13. The summed E-state index contributed by atoms with van der Waals surface area (Å²) in [5, 5.41) is 12.2. The Morgan fingerprint density at radius 2 is 1.88 bits per heavy atom. The van der Waals surface area contributed by atoms with Gasteiger partial charge in [0.05, 0.1) is 23.4 Å². The van der Waals surface area contributed by atoms with E-state index in [9.17, 15) is 0 Å². The number of rotatable bonds is 6. The molecule has 0 saturated heterocycles.